The van der Waals surface area contributed by atoms with Gasteiger partial charge in [0.1, 0.15) is 0 Å². The second kappa shape index (κ2) is 4.62. The number of unbranched alkanes of at least 4 members (excludes halogenated alkanes) is 1. The Balaban J connectivity index is 0. The van der Waals surface area contributed by atoms with Crippen LogP contribution in [0.5, 0.6) is 0 Å². The van der Waals surface area contributed by atoms with E-state index in [9.17, 15) is 0 Å². The van der Waals surface area contributed by atoms with Crippen molar-refractivity contribution in [1.29, 1.82) is 0 Å². The molecule has 0 saturated carbocycles. The molecule has 0 aromatic rings. The van der Waals surface area contributed by atoms with Crippen molar-refractivity contribution in [3.05, 3.63) is 0 Å². The molecular formula is C6H15O4+. The average molecular weight is 151 g/mol. The lowest BCUT2D eigenvalue weighted by Gasteiger charge is -2.20. The molecule has 0 spiro atoms. The van der Waals surface area contributed by atoms with Gasteiger partial charge in [0.25, 0.3) is 0 Å². The lowest BCUT2D eigenvalue weighted by Crippen LogP contribution is -2.29. The first kappa shape index (κ1) is 9.84. The summed E-state index contributed by atoms with van der Waals surface area (Å²) in [6.07, 6.45) is 2.26. The minimum absolute atomic E-state index is 0. The highest BCUT2D eigenvalue weighted by molar-refractivity contribution is 4.57. The predicted molar refractivity (Wildman–Crippen MR) is 36.5 cm³/mol. The molecule has 0 aliphatic rings. The van der Waals surface area contributed by atoms with Crippen molar-refractivity contribution in [2.75, 3.05) is 0 Å². The van der Waals surface area contributed by atoms with E-state index in [0.717, 1.165) is 12.8 Å². The van der Waals surface area contributed by atoms with E-state index in [1.807, 2.05) is 6.92 Å². The van der Waals surface area contributed by atoms with Crippen molar-refractivity contribution < 1.29 is 21.7 Å². The van der Waals surface area contributed by atoms with E-state index in [-0.39, 0.29) is 1.43 Å². The third-order valence-electron chi connectivity index (χ3n) is 1.37. The number of hydrogen-bond acceptors (Lipinski definition) is 4. The highest BCUT2D eigenvalue weighted by atomic mass is 17.2. The lowest BCUT2D eigenvalue weighted by atomic mass is 10.1. The zero-order valence-electron chi connectivity index (χ0n) is 7.33. The van der Waals surface area contributed by atoms with Crippen molar-refractivity contribution in [3.8, 4) is 0 Å². The summed E-state index contributed by atoms with van der Waals surface area (Å²) in [7, 11) is 0. The summed E-state index contributed by atoms with van der Waals surface area (Å²) in [5.74, 6) is -1.25. The van der Waals surface area contributed by atoms with Crippen LogP contribution in [0.2, 0.25) is 0 Å². The molecule has 0 aliphatic carbocycles. The molecule has 0 aliphatic heterocycles. The maximum atomic E-state index is 8.23. The van der Waals surface area contributed by atoms with Crippen molar-refractivity contribution >= 4 is 0 Å². The van der Waals surface area contributed by atoms with Gasteiger partial charge in [0.2, 0.25) is 5.79 Å². The van der Waals surface area contributed by atoms with Crippen LogP contribution in [-0.4, -0.2) is 16.3 Å². The van der Waals surface area contributed by atoms with Gasteiger partial charge in [-0.3, -0.25) is 0 Å². The van der Waals surface area contributed by atoms with Crippen LogP contribution in [0.25, 0.3) is 0 Å². The first-order chi connectivity index (χ1) is 4.68. The van der Waals surface area contributed by atoms with Gasteiger partial charge in [-0.2, -0.15) is 0 Å². The molecule has 0 unspecified atom stereocenters. The molecule has 0 heterocycles. The summed E-state index contributed by atoms with van der Waals surface area (Å²) in [5.41, 5.74) is 0. The summed E-state index contributed by atoms with van der Waals surface area (Å²) in [5, 5.41) is 16.5. The Kier molecular flexibility index (Phi) is 4.55. The van der Waals surface area contributed by atoms with Crippen molar-refractivity contribution in [2.24, 2.45) is 0 Å². The van der Waals surface area contributed by atoms with E-state index < -0.39 is 5.79 Å². The highest BCUT2D eigenvalue weighted by Gasteiger charge is 2.25. The van der Waals surface area contributed by atoms with Gasteiger partial charge < -0.3 is 0 Å². The predicted octanol–water partition coefficient (Wildman–Crippen LogP) is 1.98. The Labute approximate surface area is 61.7 Å². The Hall–Kier alpha value is -0.160. The quantitative estimate of drug-likeness (QED) is 0.358. The highest BCUT2D eigenvalue weighted by Crippen LogP contribution is 2.17. The van der Waals surface area contributed by atoms with Gasteiger partial charge in [0.15, 0.2) is 0 Å². The molecule has 0 aromatic heterocycles. The summed E-state index contributed by atoms with van der Waals surface area (Å²) in [6, 6.07) is 0. The van der Waals surface area contributed by atoms with Crippen LogP contribution in [0.15, 0.2) is 0 Å². The van der Waals surface area contributed by atoms with E-state index in [1.165, 1.54) is 6.92 Å². The van der Waals surface area contributed by atoms with Gasteiger partial charge in [-0.15, -0.1) is 0 Å². The molecule has 0 bridgehead atoms. The van der Waals surface area contributed by atoms with Gasteiger partial charge in [-0.05, 0) is 13.3 Å². The number of rotatable bonds is 5. The molecular weight excluding hydrogens is 136 g/mol. The SMILES string of the molecule is CCCCC(C)(OO)OO.[H+]. The largest absolute Gasteiger partial charge is 1.00 e. The fourth-order valence-electron chi connectivity index (χ4n) is 0.606. The van der Waals surface area contributed by atoms with Crippen LogP contribution >= 0.6 is 0 Å². The van der Waals surface area contributed by atoms with Crippen LogP contribution in [0.4, 0.5) is 0 Å². The summed E-state index contributed by atoms with van der Waals surface area (Å²) < 4.78 is 0. The fraction of sp³-hybridized carbons (Fsp3) is 1.00. The second-order valence-electron chi connectivity index (χ2n) is 2.42. The van der Waals surface area contributed by atoms with E-state index in [2.05, 4.69) is 9.78 Å². The standard InChI is InChI=1S/C6H14O4/c1-3-4-5-6(2,9-7)10-8/h7-8H,3-5H2,1-2H3/p+1. The molecule has 0 rings (SSSR count). The van der Waals surface area contributed by atoms with Crippen LogP contribution in [0.3, 0.4) is 0 Å². The first-order valence-corrected chi connectivity index (χ1v) is 3.33. The van der Waals surface area contributed by atoms with E-state index in [0.29, 0.717) is 6.42 Å². The monoisotopic (exact) mass is 151 g/mol. The van der Waals surface area contributed by atoms with E-state index >= 15 is 0 Å². The Morgan fingerprint density at radius 2 is 1.90 bits per heavy atom. The summed E-state index contributed by atoms with van der Waals surface area (Å²) in [6.45, 7) is 3.46. The van der Waals surface area contributed by atoms with Gasteiger partial charge in [0, 0.05) is 6.42 Å². The van der Waals surface area contributed by atoms with Crippen LogP contribution in [0.1, 0.15) is 34.5 Å². The first-order valence-electron chi connectivity index (χ1n) is 3.33. The zero-order valence-corrected chi connectivity index (χ0v) is 6.33. The molecule has 0 atom stereocenters. The Morgan fingerprint density at radius 3 is 2.20 bits per heavy atom. The molecule has 2 N–H and O–H groups in total. The molecule has 0 radical (unpaired) electrons. The van der Waals surface area contributed by atoms with Crippen molar-refractivity contribution in [3.63, 3.8) is 0 Å². The third kappa shape index (κ3) is 3.12. The van der Waals surface area contributed by atoms with Crippen LogP contribution < -0.4 is 0 Å². The van der Waals surface area contributed by atoms with Gasteiger partial charge in [0.05, 0.1) is 0 Å². The topological polar surface area (TPSA) is 58.9 Å². The Bertz CT molecular complexity index is 84.7. The van der Waals surface area contributed by atoms with Gasteiger partial charge >= 0.3 is 1.43 Å². The maximum Gasteiger partial charge on any atom is 1.00 e. The summed E-state index contributed by atoms with van der Waals surface area (Å²) in [4.78, 5) is 7.83. The summed E-state index contributed by atoms with van der Waals surface area (Å²) >= 11 is 0. The lowest BCUT2D eigenvalue weighted by molar-refractivity contribution is -0.482. The second-order valence-corrected chi connectivity index (χ2v) is 2.42. The Morgan fingerprint density at radius 1 is 1.40 bits per heavy atom. The molecule has 0 amide bonds. The maximum absolute atomic E-state index is 8.23. The minimum atomic E-state index is -1.25. The molecule has 0 fully saturated rings. The van der Waals surface area contributed by atoms with Crippen molar-refractivity contribution in [2.45, 2.75) is 38.9 Å². The average Bonchev–Trinajstić information content (AvgIpc) is 2.00. The van der Waals surface area contributed by atoms with Crippen LogP contribution in [0, 0.1) is 0 Å². The van der Waals surface area contributed by atoms with Gasteiger partial charge in [-0.25, -0.2) is 20.3 Å². The smallest absolute Gasteiger partial charge is 0.249 e. The van der Waals surface area contributed by atoms with Crippen LogP contribution in [-0.2, 0) is 9.78 Å². The minimum Gasteiger partial charge on any atom is -0.249 e. The van der Waals surface area contributed by atoms with Crippen molar-refractivity contribution in [1.82, 2.24) is 0 Å². The molecule has 4 nitrogen and oxygen atoms in total. The molecule has 62 valence electrons. The van der Waals surface area contributed by atoms with E-state index in [1.54, 1.807) is 0 Å². The molecule has 0 aromatic carbocycles. The fourth-order valence-corrected chi connectivity index (χ4v) is 0.606. The zero-order chi connectivity index (χ0) is 8.04. The molecule has 0 saturated heterocycles. The third-order valence-corrected chi connectivity index (χ3v) is 1.37. The number of hydrogen-bond donors (Lipinski definition) is 2. The van der Waals surface area contributed by atoms with E-state index in [4.69, 9.17) is 10.5 Å². The normalized spacial score (nSPS) is 12.0. The molecule has 10 heavy (non-hydrogen) atoms. The molecule has 4 heteroatoms. The van der Waals surface area contributed by atoms with Gasteiger partial charge in [-0.1, -0.05) is 13.3 Å².